The van der Waals surface area contributed by atoms with E-state index in [1.807, 2.05) is 19.1 Å². The van der Waals surface area contributed by atoms with E-state index in [1.165, 1.54) is 6.40 Å². The van der Waals surface area contributed by atoms with Crippen molar-refractivity contribution < 1.29 is 48.9 Å². The van der Waals surface area contributed by atoms with E-state index in [4.69, 9.17) is 10.5 Å². The van der Waals surface area contributed by atoms with Gasteiger partial charge < -0.3 is 15.7 Å². The zero-order chi connectivity index (χ0) is 20.5. The quantitative estimate of drug-likeness (QED) is 0.0851. The summed E-state index contributed by atoms with van der Waals surface area (Å²) in [4.78, 5) is 4.90. The normalized spacial score (nSPS) is 11.0. The van der Waals surface area contributed by atoms with Crippen LogP contribution < -0.4 is 45.3 Å². The third-order valence-electron chi connectivity index (χ3n) is 3.72. The topological polar surface area (TPSA) is 114 Å². The summed E-state index contributed by atoms with van der Waals surface area (Å²) in [5, 5.41) is 21.5. The van der Waals surface area contributed by atoms with E-state index in [-0.39, 0.29) is 29.6 Å². The molecule has 0 amide bonds. The Morgan fingerprint density at radius 2 is 1.63 bits per heavy atom. The number of aryl methyl sites for hydroxylation is 1. The largest absolute Gasteiger partial charge is 1.00 e. The molecule has 0 radical (unpaired) electrons. The third kappa shape index (κ3) is 7.54. The molecule has 0 heterocycles. The Hall–Kier alpha value is -2.24. The Bertz CT molecular complexity index is 999. The van der Waals surface area contributed by atoms with E-state index in [1.54, 1.807) is 54.6 Å². The number of nitrogens with zero attached hydrogens (tertiary/aromatic N) is 3. The molecule has 0 aromatic heterocycles. The van der Waals surface area contributed by atoms with Gasteiger partial charge in [0.25, 0.3) is 0 Å². The number of anilines is 1. The van der Waals surface area contributed by atoms with Gasteiger partial charge in [0.05, 0.1) is 29.1 Å². The van der Waals surface area contributed by atoms with Crippen molar-refractivity contribution in [2.45, 2.75) is 11.8 Å². The maximum atomic E-state index is 9.79. The summed E-state index contributed by atoms with van der Waals surface area (Å²) in [6.07, 6.45) is 1.34. The molecule has 0 bridgehead atoms. The molecule has 0 aliphatic rings. The third-order valence-corrected chi connectivity index (χ3v) is 4.30. The molecule has 8 nitrogen and oxygen atoms in total. The molecule has 0 spiro atoms. The number of ether oxygens (including phenoxy) is 1. The van der Waals surface area contributed by atoms with Crippen LogP contribution >= 0.6 is 12.0 Å². The van der Waals surface area contributed by atoms with Gasteiger partial charge in [0.2, 0.25) is 0 Å². The van der Waals surface area contributed by atoms with Crippen LogP contribution in [-0.4, -0.2) is 6.40 Å². The van der Waals surface area contributed by atoms with E-state index in [0.29, 0.717) is 27.7 Å². The Morgan fingerprint density at radius 3 is 2.30 bits per heavy atom. The van der Waals surface area contributed by atoms with Crippen LogP contribution in [0.3, 0.4) is 0 Å². The van der Waals surface area contributed by atoms with Crippen LogP contribution in [0.15, 0.2) is 86.8 Å². The molecule has 3 rings (SSSR count). The number of rotatable bonds is 8. The minimum atomic E-state index is 0. The smallest absolute Gasteiger partial charge is 0.691 e. The first kappa shape index (κ1) is 24.0. The first-order chi connectivity index (χ1) is 14.1. The Kier molecular flexibility index (Phi) is 9.98. The van der Waals surface area contributed by atoms with Crippen LogP contribution in [0.1, 0.15) is 5.56 Å². The monoisotopic (exact) mass is 432 g/mol. The van der Waals surface area contributed by atoms with Gasteiger partial charge in [-0.15, -0.1) is 0 Å². The molecular formula is C20H17N4NaO4S. The first-order valence-electron chi connectivity index (χ1n) is 8.44. The summed E-state index contributed by atoms with van der Waals surface area (Å²) in [5.74, 6) is 0.615. The van der Waals surface area contributed by atoms with Crippen LogP contribution in [0.5, 0.6) is 5.75 Å². The summed E-state index contributed by atoms with van der Waals surface area (Å²) >= 11 is 0.815. The maximum absolute atomic E-state index is 9.79. The van der Waals surface area contributed by atoms with Crippen molar-refractivity contribution in [2.24, 2.45) is 15.2 Å². The average Bonchev–Trinajstić information content (AvgIpc) is 2.73. The number of hydrogen-bond acceptors (Lipinski definition) is 9. The SMILES string of the molecule is Cc1cc(N)ccc1N=Nc1ccc(OC=Nc2ccc(SOO[O-])cc2)cc1.[Na+]. The fraction of sp³-hybridized carbons (Fsp3) is 0.0500. The fourth-order valence-corrected chi connectivity index (χ4v) is 2.64. The van der Waals surface area contributed by atoms with Gasteiger partial charge in [-0.3, -0.25) is 5.04 Å². The molecule has 0 aliphatic carbocycles. The second kappa shape index (κ2) is 12.5. The Balaban J connectivity index is 0.00000320. The van der Waals surface area contributed by atoms with Crippen molar-refractivity contribution in [1.29, 1.82) is 0 Å². The van der Waals surface area contributed by atoms with Gasteiger partial charge in [-0.25, -0.2) is 4.99 Å². The number of nitrogens with two attached hydrogens (primary N) is 1. The molecule has 10 heteroatoms. The van der Waals surface area contributed by atoms with Gasteiger partial charge in [-0.2, -0.15) is 14.6 Å². The number of aliphatic imine (C=N–C) groups is 1. The Labute approximate surface area is 200 Å². The first-order valence-corrected chi connectivity index (χ1v) is 9.18. The number of benzene rings is 3. The van der Waals surface area contributed by atoms with Crippen molar-refractivity contribution in [3.8, 4) is 5.75 Å². The summed E-state index contributed by atoms with van der Waals surface area (Å²) in [7, 11) is 0. The second-order valence-electron chi connectivity index (χ2n) is 5.81. The van der Waals surface area contributed by atoms with Crippen molar-refractivity contribution in [3.05, 3.63) is 72.3 Å². The van der Waals surface area contributed by atoms with Gasteiger partial charge in [0.1, 0.15) is 5.75 Å². The molecule has 0 saturated carbocycles. The van der Waals surface area contributed by atoms with Gasteiger partial charge in [0, 0.05) is 10.6 Å². The fourth-order valence-electron chi connectivity index (χ4n) is 2.28. The van der Waals surface area contributed by atoms with Gasteiger partial charge in [-0.1, -0.05) is 0 Å². The summed E-state index contributed by atoms with van der Waals surface area (Å²) < 4.78 is 9.73. The van der Waals surface area contributed by atoms with Crippen LogP contribution in [0, 0.1) is 6.92 Å². The van der Waals surface area contributed by atoms with Crippen molar-refractivity contribution in [3.63, 3.8) is 0 Å². The van der Waals surface area contributed by atoms with Crippen LogP contribution in [-0.2, 0) is 9.37 Å². The standard InChI is InChI=1S/C20H18N4O4S.Na/c1-14-12-15(21)2-11-20(14)24-23-17-3-7-18(8-4-17)26-13-22-16-5-9-19(10-6-16)29-28-27-25;/h2-13,25H,21H2,1H3;/q;+1/p-1. The average molecular weight is 432 g/mol. The van der Waals surface area contributed by atoms with Crippen LogP contribution in [0.2, 0.25) is 0 Å². The van der Waals surface area contributed by atoms with Crippen molar-refractivity contribution in [2.75, 3.05) is 5.73 Å². The van der Waals surface area contributed by atoms with Crippen molar-refractivity contribution in [1.82, 2.24) is 0 Å². The summed E-state index contributed by atoms with van der Waals surface area (Å²) in [5.41, 5.74) is 9.54. The minimum absolute atomic E-state index is 0. The van der Waals surface area contributed by atoms with E-state index in [2.05, 4.69) is 24.6 Å². The molecule has 0 unspecified atom stereocenters. The molecule has 148 valence electrons. The molecule has 3 aromatic carbocycles. The van der Waals surface area contributed by atoms with Gasteiger partial charge >= 0.3 is 29.6 Å². The zero-order valence-corrected chi connectivity index (χ0v) is 19.2. The zero-order valence-electron chi connectivity index (χ0n) is 16.4. The predicted octanol–water partition coefficient (Wildman–Crippen LogP) is 1.97. The molecule has 3 aromatic rings. The maximum Gasteiger partial charge on any atom is 1.00 e. The minimum Gasteiger partial charge on any atom is -0.691 e. The van der Waals surface area contributed by atoms with Gasteiger partial charge in [0.15, 0.2) is 6.40 Å². The number of nitrogen functional groups attached to an aromatic ring is 1. The second-order valence-corrected chi connectivity index (χ2v) is 6.58. The summed E-state index contributed by atoms with van der Waals surface area (Å²) in [6.45, 7) is 1.93. The number of hydrogen-bond donors (Lipinski definition) is 1. The summed E-state index contributed by atoms with van der Waals surface area (Å²) in [6, 6.07) is 19.6. The van der Waals surface area contributed by atoms with Crippen LogP contribution in [0.25, 0.3) is 0 Å². The molecular weight excluding hydrogens is 415 g/mol. The molecule has 0 fully saturated rings. The molecule has 0 aliphatic heterocycles. The van der Waals surface area contributed by atoms with E-state index >= 15 is 0 Å². The van der Waals surface area contributed by atoms with E-state index in [0.717, 1.165) is 23.3 Å². The molecule has 0 atom stereocenters. The van der Waals surface area contributed by atoms with Gasteiger partial charge in [-0.05, 0) is 79.2 Å². The molecule has 2 N–H and O–H groups in total. The molecule has 30 heavy (non-hydrogen) atoms. The van der Waals surface area contributed by atoms with Crippen molar-refractivity contribution >= 4 is 41.2 Å². The number of azo groups is 1. The molecule has 0 saturated heterocycles. The van der Waals surface area contributed by atoms with Crippen LogP contribution in [0.4, 0.5) is 22.7 Å². The predicted molar refractivity (Wildman–Crippen MR) is 109 cm³/mol. The Morgan fingerprint density at radius 1 is 0.933 bits per heavy atom. The van der Waals surface area contributed by atoms with E-state index < -0.39 is 0 Å². The van der Waals surface area contributed by atoms with E-state index in [9.17, 15) is 5.26 Å².